The van der Waals surface area contributed by atoms with E-state index in [2.05, 4.69) is 0 Å². The Bertz CT molecular complexity index is 18.3. The van der Waals surface area contributed by atoms with Crippen molar-refractivity contribution in [3.05, 3.63) is 0 Å². The Morgan fingerprint density at radius 3 is 1.67 bits per heavy atom. The van der Waals surface area contributed by atoms with Crippen LogP contribution in [-0.2, 0) is 22.8 Å². The van der Waals surface area contributed by atoms with E-state index in [0.717, 1.165) is 0 Å². The molecule has 6 heteroatoms. The molecule has 0 bridgehead atoms. The van der Waals surface area contributed by atoms with E-state index in [-0.39, 0.29) is 29.6 Å². The van der Waals surface area contributed by atoms with E-state index in [0.29, 0.717) is 0 Å². The second-order valence-electron chi connectivity index (χ2n) is 0.0833. The van der Waals surface area contributed by atoms with Crippen molar-refractivity contribution < 1.29 is 65.9 Å². The quantitative estimate of drug-likeness (QED) is 0.344. The Morgan fingerprint density at radius 2 is 1.67 bits per heavy atom. The summed E-state index contributed by atoms with van der Waals surface area (Å²) < 4.78 is 25.5. The van der Waals surface area contributed by atoms with Crippen LogP contribution < -0.4 is 33.2 Å². The van der Waals surface area contributed by atoms with Gasteiger partial charge in [0.15, 0.2) is 0 Å². The van der Waals surface area contributed by atoms with Gasteiger partial charge in [-0.1, -0.05) is 4.53 Å². The van der Waals surface area contributed by atoms with Gasteiger partial charge in [-0.15, -0.1) is 0 Å². The molecule has 0 atom stereocenters. The van der Waals surface area contributed by atoms with Crippen LogP contribution in [0.25, 0.3) is 0 Å². The van der Waals surface area contributed by atoms with Crippen molar-refractivity contribution >= 4 is 0 Å². The third kappa shape index (κ3) is 54.9. The summed E-state index contributed by atoms with van der Waals surface area (Å²) in [7, 11) is 0. The average molecular weight is 139 g/mol. The van der Waals surface area contributed by atoms with Gasteiger partial charge in [0.2, 0.25) is 0 Å². The topological polar surface area (TPSA) is 60.4 Å². The molecule has 0 aromatic heterocycles. The van der Waals surface area contributed by atoms with Gasteiger partial charge in [-0.25, -0.2) is 5.31 Å². The zero-order valence-corrected chi connectivity index (χ0v) is 6.70. The molecule has 0 aromatic rings. The Labute approximate surface area is 65.5 Å². The third-order valence-electron chi connectivity index (χ3n) is 0. The van der Waals surface area contributed by atoms with Gasteiger partial charge in [0.25, 0.3) is 0 Å². The van der Waals surface area contributed by atoms with Crippen molar-refractivity contribution in [1.82, 2.24) is 0 Å². The molecule has 0 radical (unpaired) electrons. The van der Waals surface area contributed by atoms with Crippen LogP contribution in [0.4, 0.5) is 4.53 Å². The van der Waals surface area contributed by atoms with Crippen LogP contribution in [-0.4, -0.2) is 5.31 Å². The predicted molar refractivity (Wildman–Crippen MR) is 4.01 cm³/mol. The standard InChI is InChI=1S/FHO.Na.2O.Ti/c1-2;;;;/h2H;;;;/q;+1;;-1;. The maximum absolute atomic E-state index is 8.50. The number of rotatable bonds is 0. The summed E-state index contributed by atoms with van der Waals surface area (Å²) in [6.45, 7) is 0. The van der Waals surface area contributed by atoms with E-state index in [9.17, 15) is 0 Å². The first-order chi connectivity index (χ1) is 2.41. The second-order valence-corrected chi connectivity index (χ2v) is 0.344. The molecule has 0 aliphatic rings. The fraction of sp³-hybridized carbons (Fsp3) is 0. The van der Waals surface area contributed by atoms with Gasteiger partial charge in [-0.2, -0.15) is 0 Å². The molecule has 0 spiro atoms. The molecule has 3 nitrogen and oxygen atoms in total. The van der Waals surface area contributed by atoms with Crippen molar-refractivity contribution in [1.29, 1.82) is 0 Å². The monoisotopic (exact) mass is 139 g/mol. The molecule has 0 amide bonds. The average Bonchev–Trinajstić information content (AvgIpc) is 1.46. The van der Waals surface area contributed by atoms with Crippen molar-refractivity contribution in [2.24, 2.45) is 0 Å². The van der Waals surface area contributed by atoms with Crippen LogP contribution in [0.15, 0.2) is 0 Å². The van der Waals surface area contributed by atoms with E-state index < -0.39 is 19.5 Å². The van der Waals surface area contributed by atoms with Gasteiger partial charge in [-0.3, -0.25) is 0 Å². The molecule has 0 saturated heterocycles. The van der Waals surface area contributed by atoms with Crippen molar-refractivity contribution in [3.8, 4) is 0 Å². The molecular formula is HFNaO3Ti. The molecule has 6 heavy (non-hydrogen) atoms. The Hall–Kier alpha value is 1.36. The fourth-order valence-electron chi connectivity index (χ4n) is 0. The molecule has 31 valence electrons. The number of halogens is 1. The molecular weight excluding hydrogens is 138 g/mol. The Balaban J connectivity index is -0.0000000275. The minimum atomic E-state index is -2.00. The fourth-order valence-corrected chi connectivity index (χ4v) is 0. The second kappa shape index (κ2) is 32.8. The van der Waals surface area contributed by atoms with E-state index in [1.165, 1.54) is 0 Å². The van der Waals surface area contributed by atoms with Crippen LogP contribution in [0.1, 0.15) is 0 Å². The molecule has 0 fully saturated rings. The summed E-state index contributed by atoms with van der Waals surface area (Å²) >= 11 is -2.00. The van der Waals surface area contributed by atoms with E-state index in [1.807, 2.05) is 0 Å². The first-order valence-corrected chi connectivity index (χ1v) is 1.85. The van der Waals surface area contributed by atoms with Crippen molar-refractivity contribution in [3.63, 3.8) is 0 Å². The molecule has 1 N–H and O–H groups in total. The van der Waals surface area contributed by atoms with Crippen LogP contribution >= 0.6 is 0 Å². The van der Waals surface area contributed by atoms with Crippen LogP contribution in [0.2, 0.25) is 0 Å². The van der Waals surface area contributed by atoms with E-state index in [4.69, 9.17) is 16.8 Å². The third-order valence-corrected chi connectivity index (χ3v) is 0. The molecule has 0 rings (SSSR count). The normalized spacial score (nSPS) is 2.50. The minimum absolute atomic E-state index is 0. The van der Waals surface area contributed by atoms with Gasteiger partial charge in [0, 0.05) is 0 Å². The van der Waals surface area contributed by atoms with Crippen LogP contribution in [0.5, 0.6) is 0 Å². The van der Waals surface area contributed by atoms with Gasteiger partial charge in [0.1, 0.15) is 0 Å². The Morgan fingerprint density at radius 1 is 1.67 bits per heavy atom. The van der Waals surface area contributed by atoms with Crippen molar-refractivity contribution in [2.45, 2.75) is 0 Å². The van der Waals surface area contributed by atoms with Crippen LogP contribution in [0.3, 0.4) is 0 Å². The zero-order valence-electron chi connectivity index (χ0n) is 3.14. The van der Waals surface area contributed by atoms with Gasteiger partial charge in [-0.05, 0) is 0 Å². The summed E-state index contributed by atoms with van der Waals surface area (Å²) in [6, 6.07) is 0. The Kier molecular flexibility index (Phi) is 85.5. The van der Waals surface area contributed by atoms with Gasteiger partial charge < -0.3 is 0 Å². The van der Waals surface area contributed by atoms with Crippen LogP contribution in [0, 0.1) is 0 Å². The molecule has 0 heterocycles. The molecule has 0 aliphatic carbocycles. The predicted octanol–water partition coefficient (Wildman–Crippen LogP) is -4.44. The molecule has 0 saturated carbocycles. The summed E-state index contributed by atoms with van der Waals surface area (Å²) in [6.07, 6.45) is 0. The number of hydrogen-bond donors (Lipinski definition) is 1. The van der Waals surface area contributed by atoms with Crippen molar-refractivity contribution in [2.75, 3.05) is 0 Å². The number of hydrogen-bond acceptors (Lipinski definition) is 3. The molecule has 0 aromatic carbocycles. The summed E-state index contributed by atoms with van der Waals surface area (Å²) in [5, 5.41) is 5.50. The van der Waals surface area contributed by atoms with Gasteiger partial charge in [0.05, 0.1) is 0 Å². The first kappa shape index (κ1) is 15.7. The SMILES string of the molecule is OF.[Na+].[O]=[Ti][O-]. The van der Waals surface area contributed by atoms with E-state index >= 15 is 0 Å². The summed E-state index contributed by atoms with van der Waals surface area (Å²) in [5.74, 6) is 0. The first-order valence-electron chi connectivity index (χ1n) is 0.577. The van der Waals surface area contributed by atoms with E-state index in [1.54, 1.807) is 0 Å². The zero-order chi connectivity index (χ0) is 4.71. The van der Waals surface area contributed by atoms with Gasteiger partial charge >= 0.3 is 56.1 Å². The molecule has 0 unspecified atom stereocenters. The summed E-state index contributed by atoms with van der Waals surface area (Å²) in [4.78, 5) is 0. The molecule has 0 aliphatic heterocycles. The summed E-state index contributed by atoms with van der Waals surface area (Å²) in [5.41, 5.74) is 0. The maximum atomic E-state index is 8.50.